The van der Waals surface area contributed by atoms with E-state index in [0.717, 1.165) is 12.1 Å². The number of alkyl halides is 3. The number of ether oxygens (including phenoxy) is 1. The van der Waals surface area contributed by atoms with Gasteiger partial charge in [-0.05, 0) is 23.8 Å². The molecule has 0 bridgehead atoms. The average molecular weight is 492 g/mol. The van der Waals surface area contributed by atoms with Crippen LogP contribution in [0.1, 0.15) is 5.56 Å². The predicted molar refractivity (Wildman–Crippen MR) is 121 cm³/mol. The largest absolute Gasteiger partial charge is 0.573 e. The molecule has 12 heteroatoms. The van der Waals surface area contributed by atoms with Crippen molar-refractivity contribution >= 4 is 46.2 Å². The standard InChI is InChI=1S/C22H19F3N4O4S/c23-22(24,25)33-14-5-3-4-13(8-14)9-19(30)18-11-34-12-29(18)21(32)27-16-10-28(20(26)31)17-7-2-1-6-15(16)17/h1-8,10,18H,9,11-12H2,(H2,26,31)(H,27,32)/t18-/m0/s1. The van der Waals surface area contributed by atoms with E-state index in [9.17, 15) is 27.6 Å². The molecule has 3 N–H and O–H groups in total. The SMILES string of the molecule is NC(=O)n1cc(NC(=O)N2CSC[C@H]2C(=O)Cc2cccc(OC(F)(F)F)c2)c2ccccc21. The molecule has 34 heavy (non-hydrogen) atoms. The summed E-state index contributed by atoms with van der Waals surface area (Å²) in [6.07, 6.45) is -3.58. The first-order valence-electron chi connectivity index (χ1n) is 10.0. The lowest BCUT2D eigenvalue weighted by Crippen LogP contribution is -2.44. The Morgan fingerprint density at radius 3 is 2.65 bits per heavy atom. The average Bonchev–Trinajstić information content (AvgIpc) is 3.38. The van der Waals surface area contributed by atoms with Gasteiger partial charge in [-0.25, -0.2) is 9.59 Å². The van der Waals surface area contributed by atoms with Crippen LogP contribution in [-0.4, -0.2) is 51.3 Å². The molecule has 2 aromatic carbocycles. The first kappa shape index (κ1) is 23.5. The quantitative estimate of drug-likeness (QED) is 0.556. The van der Waals surface area contributed by atoms with Crippen LogP contribution in [0.15, 0.2) is 54.7 Å². The number of urea groups is 1. The van der Waals surface area contributed by atoms with Crippen molar-refractivity contribution in [1.29, 1.82) is 0 Å². The number of anilines is 1. The predicted octanol–water partition coefficient (Wildman–Crippen LogP) is 4.19. The molecular formula is C22H19F3N4O4S. The maximum Gasteiger partial charge on any atom is 0.573 e. The van der Waals surface area contributed by atoms with Crippen molar-refractivity contribution < 1.29 is 32.3 Å². The lowest BCUT2D eigenvalue weighted by atomic mass is 10.0. The Hall–Kier alpha value is -3.67. The number of nitrogens with two attached hydrogens (primary N) is 1. The summed E-state index contributed by atoms with van der Waals surface area (Å²) in [7, 11) is 0. The number of carbonyl (C=O) groups is 3. The second-order valence-corrected chi connectivity index (χ2v) is 8.52. The van der Waals surface area contributed by atoms with Gasteiger partial charge >= 0.3 is 18.4 Å². The van der Waals surface area contributed by atoms with E-state index in [2.05, 4.69) is 10.1 Å². The third kappa shape index (κ3) is 5.11. The zero-order valence-electron chi connectivity index (χ0n) is 17.5. The highest BCUT2D eigenvalue weighted by atomic mass is 32.2. The number of fused-ring (bicyclic) bond motifs is 1. The molecule has 1 fully saturated rings. The number of hydrogen-bond acceptors (Lipinski definition) is 5. The molecule has 1 aliphatic rings. The second kappa shape index (κ2) is 9.29. The van der Waals surface area contributed by atoms with E-state index in [1.807, 2.05) is 0 Å². The Balaban J connectivity index is 1.48. The zero-order valence-corrected chi connectivity index (χ0v) is 18.4. The molecule has 2 heterocycles. The van der Waals surface area contributed by atoms with Crippen molar-refractivity contribution in [2.24, 2.45) is 5.73 Å². The van der Waals surface area contributed by atoms with Gasteiger partial charge in [-0.15, -0.1) is 24.9 Å². The normalized spacial score (nSPS) is 16.0. The number of para-hydroxylation sites is 1. The van der Waals surface area contributed by atoms with Crippen molar-refractivity contribution in [3.05, 3.63) is 60.3 Å². The van der Waals surface area contributed by atoms with Gasteiger partial charge in [0.05, 0.1) is 17.1 Å². The van der Waals surface area contributed by atoms with Crippen molar-refractivity contribution in [2.45, 2.75) is 18.8 Å². The number of aromatic nitrogens is 1. The number of nitrogens with one attached hydrogen (secondary N) is 1. The molecule has 0 saturated carbocycles. The topological polar surface area (TPSA) is 107 Å². The summed E-state index contributed by atoms with van der Waals surface area (Å²) in [4.78, 5) is 39.0. The van der Waals surface area contributed by atoms with E-state index in [1.54, 1.807) is 24.3 Å². The minimum Gasteiger partial charge on any atom is -0.406 e. The Bertz CT molecular complexity index is 1260. The van der Waals surface area contributed by atoms with Crippen LogP contribution in [-0.2, 0) is 11.2 Å². The van der Waals surface area contributed by atoms with E-state index in [-0.39, 0.29) is 18.1 Å². The van der Waals surface area contributed by atoms with Gasteiger partial charge < -0.3 is 20.7 Å². The molecule has 1 aliphatic heterocycles. The van der Waals surface area contributed by atoms with Crippen LogP contribution in [0.4, 0.5) is 28.4 Å². The maximum absolute atomic E-state index is 13.0. The molecular weight excluding hydrogens is 473 g/mol. The van der Waals surface area contributed by atoms with Crippen LogP contribution in [0.25, 0.3) is 10.9 Å². The first-order chi connectivity index (χ1) is 16.1. The van der Waals surface area contributed by atoms with E-state index in [0.29, 0.717) is 27.9 Å². The van der Waals surface area contributed by atoms with Crippen LogP contribution in [0, 0.1) is 0 Å². The molecule has 3 amide bonds. The molecule has 3 aromatic rings. The summed E-state index contributed by atoms with van der Waals surface area (Å²) in [6, 6.07) is 10.1. The molecule has 0 unspecified atom stereocenters. The molecule has 1 atom stereocenters. The van der Waals surface area contributed by atoms with Gasteiger partial charge in [0.25, 0.3) is 0 Å². The number of rotatable bonds is 5. The van der Waals surface area contributed by atoms with Crippen molar-refractivity contribution in [1.82, 2.24) is 9.47 Å². The van der Waals surface area contributed by atoms with E-state index in [4.69, 9.17) is 5.73 Å². The van der Waals surface area contributed by atoms with E-state index in [1.165, 1.54) is 39.6 Å². The highest BCUT2D eigenvalue weighted by Gasteiger charge is 2.35. The van der Waals surface area contributed by atoms with Crippen LogP contribution in [0.3, 0.4) is 0 Å². The van der Waals surface area contributed by atoms with Gasteiger partial charge in [0.2, 0.25) is 0 Å². The smallest absolute Gasteiger partial charge is 0.406 e. The van der Waals surface area contributed by atoms with Gasteiger partial charge in [0, 0.05) is 23.8 Å². The highest BCUT2D eigenvalue weighted by molar-refractivity contribution is 7.99. The van der Waals surface area contributed by atoms with Gasteiger partial charge in [0.1, 0.15) is 11.8 Å². The van der Waals surface area contributed by atoms with Gasteiger partial charge in [-0.1, -0.05) is 30.3 Å². The lowest BCUT2D eigenvalue weighted by molar-refractivity contribution is -0.274. The summed E-state index contributed by atoms with van der Waals surface area (Å²) in [5.41, 5.74) is 6.63. The lowest BCUT2D eigenvalue weighted by Gasteiger charge is -2.23. The number of nitrogens with zero attached hydrogens (tertiary/aromatic N) is 2. The van der Waals surface area contributed by atoms with Gasteiger partial charge in [-0.3, -0.25) is 9.36 Å². The fourth-order valence-corrected chi connectivity index (χ4v) is 4.92. The number of hydrogen-bond donors (Lipinski definition) is 2. The molecule has 0 spiro atoms. The fourth-order valence-electron chi connectivity index (χ4n) is 3.73. The summed E-state index contributed by atoms with van der Waals surface area (Å²) in [6.45, 7) is 0. The Morgan fingerprint density at radius 1 is 1.15 bits per heavy atom. The summed E-state index contributed by atoms with van der Waals surface area (Å²) in [5, 5.41) is 3.34. The van der Waals surface area contributed by atoms with Crippen LogP contribution < -0.4 is 15.8 Å². The number of primary amides is 1. The number of ketones is 1. The summed E-state index contributed by atoms with van der Waals surface area (Å²) >= 11 is 1.38. The molecule has 0 radical (unpaired) electrons. The summed E-state index contributed by atoms with van der Waals surface area (Å²) < 4.78 is 42.5. The van der Waals surface area contributed by atoms with Gasteiger partial charge in [0.15, 0.2) is 5.78 Å². The maximum atomic E-state index is 13.0. The Morgan fingerprint density at radius 2 is 1.91 bits per heavy atom. The number of thioether (sulfide) groups is 1. The summed E-state index contributed by atoms with van der Waals surface area (Å²) in [5.74, 6) is -0.120. The molecule has 178 valence electrons. The van der Waals surface area contributed by atoms with E-state index >= 15 is 0 Å². The van der Waals surface area contributed by atoms with Gasteiger partial charge in [-0.2, -0.15) is 0 Å². The number of benzene rings is 2. The van der Waals surface area contributed by atoms with Crippen molar-refractivity contribution in [3.8, 4) is 5.75 Å². The molecule has 4 rings (SSSR count). The number of halogens is 3. The third-order valence-electron chi connectivity index (χ3n) is 5.22. The monoisotopic (exact) mass is 492 g/mol. The Labute approximate surface area is 195 Å². The second-order valence-electron chi connectivity index (χ2n) is 7.52. The molecule has 1 saturated heterocycles. The minimum absolute atomic E-state index is 0.162. The fraction of sp³-hybridized carbons (Fsp3) is 0.227. The van der Waals surface area contributed by atoms with Crippen LogP contribution >= 0.6 is 11.8 Å². The Kier molecular flexibility index (Phi) is 6.42. The third-order valence-corrected chi connectivity index (χ3v) is 6.23. The number of amides is 3. The highest BCUT2D eigenvalue weighted by Crippen LogP contribution is 2.29. The molecule has 0 aliphatic carbocycles. The molecule has 8 nitrogen and oxygen atoms in total. The number of carbonyl (C=O) groups excluding carboxylic acids is 3. The van der Waals surface area contributed by atoms with E-state index < -0.39 is 30.2 Å². The van der Waals surface area contributed by atoms with Crippen molar-refractivity contribution in [3.63, 3.8) is 0 Å². The minimum atomic E-state index is -4.84. The molecule has 1 aromatic heterocycles. The zero-order chi connectivity index (χ0) is 24.5. The number of Topliss-reactive ketones (excluding diaryl/α,β-unsaturated/α-hetero) is 1. The van der Waals surface area contributed by atoms with Crippen LogP contribution in [0.5, 0.6) is 5.75 Å². The van der Waals surface area contributed by atoms with Crippen LogP contribution in [0.2, 0.25) is 0 Å². The first-order valence-corrected chi connectivity index (χ1v) is 11.2. The van der Waals surface area contributed by atoms with Crippen molar-refractivity contribution in [2.75, 3.05) is 16.9 Å².